The van der Waals surface area contributed by atoms with Crippen molar-refractivity contribution in [3.8, 4) is 22.3 Å². The molecule has 2 aliphatic rings. The number of anilines is 1. The number of aliphatic hydroxyl groups excluding tert-OH is 1. The maximum Gasteiger partial charge on any atom is 0.270 e. The van der Waals surface area contributed by atoms with Gasteiger partial charge in [-0.15, -0.1) is 11.3 Å². The highest BCUT2D eigenvalue weighted by molar-refractivity contribution is 7.13. The van der Waals surface area contributed by atoms with Crippen molar-refractivity contribution in [2.45, 2.75) is 117 Å². The lowest BCUT2D eigenvalue weighted by atomic mass is 9.49. The third-order valence-corrected chi connectivity index (χ3v) is 14.1. The number of hydrogen-bond acceptors (Lipinski definition) is 12. The number of pyridine rings is 1. The molecule has 1 unspecified atom stereocenters. The second kappa shape index (κ2) is 22.0. The largest absolute Gasteiger partial charge is 0.489 e. The molecule has 4 atom stereocenters. The number of nitrogens with zero attached hydrogens (tertiary/aromatic N) is 4. The highest BCUT2D eigenvalue weighted by atomic mass is 35.5. The molecule has 67 heavy (non-hydrogen) atoms. The van der Waals surface area contributed by atoms with Gasteiger partial charge in [-0.3, -0.25) is 19.2 Å². The summed E-state index contributed by atoms with van der Waals surface area (Å²) in [4.78, 5) is 64.9. The molecule has 0 bridgehead atoms. The first-order valence-corrected chi connectivity index (χ1v) is 24.1. The summed E-state index contributed by atoms with van der Waals surface area (Å²) >= 11 is 7.80. The van der Waals surface area contributed by atoms with Crippen molar-refractivity contribution in [1.29, 1.82) is 5.26 Å². The van der Waals surface area contributed by atoms with Crippen molar-refractivity contribution in [3.05, 3.63) is 93.8 Å². The molecule has 0 spiro atoms. The van der Waals surface area contributed by atoms with Gasteiger partial charge < -0.3 is 40.7 Å². The molecule has 4 aromatic rings. The molecule has 0 radical (unpaired) electrons. The van der Waals surface area contributed by atoms with Gasteiger partial charge in [0.1, 0.15) is 42.3 Å². The summed E-state index contributed by atoms with van der Waals surface area (Å²) in [6.07, 6.45) is 3.04. The second-order valence-corrected chi connectivity index (χ2v) is 20.3. The van der Waals surface area contributed by atoms with E-state index in [-0.39, 0.29) is 55.5 Å². The molecule has 4 amide bonds. The zero-order valence-electron chi connectivity index (χ0n) is 39.5. The summed E-state index contributed by atoms with van der Waals surface area (Å²) < 4.78 is 12.0. The minimum absolute atomic E-state index is 0.00639. The van der Waals surface area contributed by atoms with Crippen molar-refractivity contribution in [2.75, 3.05) is 31.6 Å². The predicted octanol–water partition coefficient (Wildman–Crippen LogP) is 7.23. The number of nitriles is 1. The van der Waals surface area contributed by atoms with Crippen molar-refractivity contribution >= 4 is 52.3 Å². The molecule has 5 N–H and O–H groups in total. The first kappa shape index (κ1) is 50.8. The number of carbonyl (C=O) groups excluding carboxylic acids is 4. The molecule has 6 rings (SSSR count). The Morgan fingerprint density at radius 3 is 2.34 bits per heavy atom. The van der Waals surface area contributed by atoms with Gasteiger partial charge >= 0.3 is 0 Å². The number of aliphatic hydroxyl groups is 1. The third-order valence-electron chi connectivity index (χ3n) is 12.8. The molecule has 2 fully saturated rings. The summed E-state index contributed by atoms with van der Waals surface area (Å²) in [5.41, 5.74) is 5.38. The first-order valence-electron chi connectivity index (χ1n) is 22.8. The summed E-state index contributed by atoms with van der Waals surface area (Å²) in [5, 5.41) is 32.4. The van der Waals surface area contributed by atoms with Crippen LogP contribution in [0.1, 0.15) is 108 Å². The number of hydrogen-bond donors (Lipinski definition) is 5. The van der Waals surface area contributed by atoms with Crippen LogP contribution in [0.5, 0.6) is 5.75 Å². The number of halogens is 1. The average Bonchev–Trinajstić information content (AvgIpc) is 3.92. The number of unbranched alkanes of at least 4 members (excludes halogenated alkanes) is 2. The molecule has 2 aromatic carbocycles. The van der Waals surface area contributed by atoms with E-state index >= 15 is 0 Å². The van der Waals surface area contributed by atoms with Gasteiger partial charge in [-0.05, 0) is 74.4 Å². The Hall–Kier alpha value is -5.60. The van der Waals surface area contributed by atoms with E-state index in [0.717, 1.165) is 46.6 Å². The highest BCUT2D eigenvalue weighted by Gasteiger charge is 2.64. The zero-order valence-corrected chi connectivity index (χ0v) is 41.1. The van der Waals surface area contributed by atoms with Gasteiger partial charge in [-0.2, -0.15) is 5.26 Å². The molecule has 17 heteroatoms. The fourth-order valence-electron chi connectivity index (χ4n) is 9.45. The van der Waals surface area contributed by atoms with Crippen LogP contribution in [0, 0.1) is 35.0 Å². The lowest BCUT2D eigenvalue weighted by Gasteiger charge is -2.63. The van der Waals surface area contributed by atoms with E-state index in [1.807, 2.05) is 91.2 Å². The van der Waals surface area contributed by atoms with Crippen LogP contribution in [0.2, 0.25) is 5.02 Å². The quantitative estimate of drug-likeness (QED) is 0.0559. The van der Waals surface area contributed by atoms with Crippen molar-refractivity contribution in [3.63, 3.8) is 0 Å². The second-order valence-electron chi connectivity index (χ2n) is 19.1. The Bertz CT molecular complexity index is 2400. The van der Waals surface area contributed by atoms with Gasteiger partial charge in [0.25, 0.3) is 5.91 Å². The maximum atomic E-state index is 13.8. The topological polar surface area (TPSA) is 208 Å². The molecule has 3 heterocycles. The van der Waals surface area contributed by atoms with Gasteiger partial charge in [0, 0.05) is 49.1 Å². The van der Waals surface area contributed by atoms with Crippen molar-refractivity contribution in [1.82, 2.24) is 30.8 Å². The molecule has 1 saturated carbocycles. The number of benzene rings is 2. The van der Waals surface area contributed by atoms with E-state index in [0.29, 0.717) is 35.2 Å². The lowest BCUT2D eigenvalue weighted by molar-refractivity contribution is -0.164. The number of amides is 4. The third kappa shape index (κ3) is 12.1. The van der Waals surface area contributed by atoms with E-state index < -0.39 is 40.8 Å². The zero-order chi connectivity index (χ0) is 48.6. The Morgan fingerprint density at radius 1 is 0.985 bits per heavy atom. The molecular weight excluding hydrogens is 892 g/mol. The molecular formula is C50H63ClN8O7S. The number of aryl methyl sites for hydroxylation is 1. The Balaban J connectivity index is 0.873. The van der Waals surface area contributed by atoms with Crippen LogP contribution in [0.3, 0.4) is 0 Å². The summed E-state index contributed by atoms with van der Waals surface area (Å²) in [6.45, 7) is 16.5. The SMILES string of the molecule is Cc1ncsc1-c1ccc([C@H](C)NC(=O)[C@@H]2C[C@@H](O)CN2C(=O)C(NC(=O)COCCCCCNc2ccc(C(=O)NC3C(C)(C)C(Oc4ccc(C#N)c(Cl)c4)C3(C)C)nc2)C(C)C)cc1. The Kier molecular flexibility index (Phi) is 16.7. The Labute approximate surface area is 402 Å². The smallest absolute Gasteiger partial charge is 0.270 e. The molecule has 1 saturated heterocycles. The standard InChI is InChI=1S/C50H63ClN8O7S/c1-29(2)42(46(64)59-26-36(60)22-40(59)45(63)56-30(3)32-12-14-33(15-13-32)43-31(4)55-28-67-43)57-41(61)27-65-21-11-9-10-20-53-35-17-19-39(54-25-35)44(62)58-47-49(5,6)48(50(47,7)8)66-37-18-16-34(24-52)38(51)23-37/h12-19,23,25,28-30,36,40,42,47-48,53,60H,9-11,20-22,26-27H2,1-8H3,(H,56,63)(H,57,61)(H,58,62)/t30-,36+,40-,42?,47?,48?/m0/s1. The van der Waals surface area contributed by atoms with Gasteiger partial charge in [0.15, 0.2) is 0 Å². The van der Waals surface area contributed by atoms with Crippen LogP contribution in [-0.4, -0.2) is 100 Å². The maximum absolute atomic E-state index is 13.8. The number of rotatable bonds is 20. The van der Waals surface area contributed by atoms with Crippen molar-refractivity contribution < 1.29 is 33.8 Å². The van der Waals surface area contributed by atoms with Crippen LogP contribution in [0.15, 0.2) is 66.3 Å². The van der Waals surface area contributed by atoms with Gasteiger partial charge in [-0.1, -0.05) is 77.4 Å². The van der Waals surface area contributed by atoms with E-state index in [9.17, 15) is 29.5 Å². The number of likely N-dealkylation sites (tertiary alicyclic amines) is 1. The lowest BCUT2D eigenvalue weighted by Crippen LogP contribution is -2.74. The minimum atomic E-state index is -0.904. The Morgan fingerprint density at radius 2 is 1.72 bits per heavy atom. The predicted molar refractivity (Wildman–Crippen MR) is 259 cm³/mol. The van der Waals surface area contributed by atoms with Crippen LogP contribution < -0.4 is 26.0 Å². The molecule has 358 valence electrons. The van der Waals surface area contributed by atoms with Crippen LogP contribution >= 0.6 is 22.9 Å². The average molecular weight is 956 g/mol. The highest BCUT2D eigenvalue weighted by Crippen LogP contribution is 2.55. The molecule has 2 aromatic heterocycles. The van der Waals surface area contributed by atoms with E-state index in [1.54, 1.807) is 41.8 Å². The normalized spacial score (nSPS) is 20.2. The number of ether oxygens (including phenoxy) is 2. The van der Waals surface area contributed by atoms with E-state index in [4.69, 9.17) is 21.1 Å². The number of carbonyl (C=O) groups is 4. The fourth-order valence-corrected chi connectivity index (χ4v) is 10.5. The first-order chi connectivity index (χ1) is 31.8. The number of aromatic nitrogens is 2. The molecule has 1 aliphatic carbocycles. The van der Waals surface area contributed by atoms with Crippen LogP contribution in [-0.2, 0) is 19.1 Å². The van der Waals surface area contributed by atoms with Crippen molar-refractivity contribution in [2.24, 2.45) is 16.7 Å². The summed E-state index contributed by atoms with van der Waals surface area (Å²) in [5.74, 6) is -1.21. The molecule has 15 nitrogen and oxygen atoms in total. The number of nitrogens with one attached hydrogen (secondary N) is 4. The summed E-state index contributed by atoms with van der Waals surface area (Å²) in [6, 6.07) is 16.2. The van der Waals surface area contributed by atoms with Crippen LogP contribution in [0.4, 0.5) is 5.69 Å². The monoisotopic (exact) mass is 954 g/mol. The molecule has 1 aliphatic heterocycles. The van der Waals surface area contributed by atoms with Gasteiger partial charge in [0.2, 0.25) is 17.7 Å². The van der Waals surface area contributed by atoms with Gasteiger partial charge in [-0.25, -0.2) is 9.97 Å². The minimum Gasteiger partial charge on any atom is -0.489 e. The number of β-amino-alcohol motifs (C(OH)–C–C–N with tert-alkyl or cyclic N) is 1. The van der Waals surface area contributed by atoms with E-state index in [2.05, 4.69) is 37.3 Å². The van der Waals surface area contributed by atoms with Gasteiger partial charge in [0.05, 0.1) is 50.7 Å². The summed E-state index contributed by atoms with van der Waals surface area (Å²) in [7, 11) is 0. The fraction of sp³-hybridized carbons (Fsp3) is 0.500. The van der Waals surface area contributed by atoms with E-state index in [1.165, 1.54) is 4.90 Å². The number of thiazole rings is 1. The van der Waals surface area contributed by atoms with Crippen LogP contribution in [0.25, 0.3) is 10.4 Å².